The average Bonchev–Trinajstić information content (AvgIpc) is 2.45. The number of carboxylic acid groups (broad SMARTS) is 1. The fourth-order valence-electron chi connectivity index (χ4n) is 3.99. The Kier molecular flexibility index (Phi) is 5.70. The van der Waals surface area contributed by atoms with E-state index in [-0.39, 0.29) is 18.0 Å². The highest BCUT2D eigenvalue weighted by Crippen LogP contribution is 2.38. The van der Waals surface area contributed by atoms with Crippen LogP contribution in [0.2, 0.25) is 0 Å². The number of carbonyl (C=O) groups is 2. The number of amides is 2. The molecule has 0 bridgehead atoms. The van der Waals surface area contributed by atoms with Crippen molar-refractivity contribution in [1.29, 1.82) is 0 Å². The third kappa shape index (κ3) is 5.18. The Morgan fingerprint density at radius 1 is 1.14 bits per heavy atom. The molecule has 1 atom stereocenters. The molecule has 0 heterocycles. The van der Waals surface area contributed by atoms with Gasteiger partial charge in [0.05, 0.1) is 5.92 Å². The predicted octanol–water partition coefficient (Wildman–Crippen LogP) is 3.15. The van der Waals surface area contributed by atoms with Gasteiger partial charge in [0, 0.05) is 12.6 Å². The first-order valence-corrected chi connectivity index (χ1v) is 8.63. The SMILES string of the molecule is CC1(C)CCCC(CNC(=O)NC2CCC(C(=O)O)CC2)C1. The van der Waals surface area contributed by atoms with Crippen molar-refractivity contribution in [3.8, 4) is 0 Å². The summed E-state index contributed by atoms with van der Waals surface area (Å²) in [5, 5.41) is 15.0. The summed E-state index contributed by atoms with van der Waals surface area (Å²) in [7, 11) is 0. The molecule has 22 heavy (non-hydrogen) atoms. The Balaban J connectivity index is 1.65. The highest BCUT2D eigenvalue weighted by Gasteiger charge is 2.29. The van der Waals surface area contributed by atoms with Crippen LogP contribution in [0.1, 0.15) is 65.2 Å². The van der Waals surface area contributed by atoms with Crippen LogP contribution in [-0.2, 0) is 4.79 Å². The van der Waals surface area contributed by atoms with E-state index in [0.29, 0.717) is 24.2 Å². The second-order valence-electron chi connectivity index (χ2n) is 7.87. The molecule has 2 saturated carbocycles. The number of hydrogen-bond acceptors (Lipinski definition) is 2. The molecule has 0 aromatic carbocycles. The van der Waals surface area contributed by atoms with E-state index in [2.05, 4.69) is 24.5 Å². The number of urea groups is 1. The van der Waals surface area contributed by atoms with E-state index >= 15 is 0 Å². The maximum Gasteiger partial charge on any atom is 0.315 e. The quantitative estimate of drug-likeness (QED) is 0.746. The van der Waals surface area contributed by atoms with Crippen LogP contribution in [0, 0.1) is 17.3 Å². The molecule has 2 rings (SSSR count). The largest absolute Gasteiger partial charge is 0.481 e. The summed E-state index contributed by atoms with van der Waals surface area (Å²) in [6, 6.07) is 0.0283. The first-order valence-electron chi connectivity index (χ1n) is 8.63. The molecular formula is C17H30N2O3. The molecule has 2 fully saturated rings. The van der Waals surface area contributed by atoms with E-state index in [1.807, 2.05) is 0 Å². The number of carboxylic acids is 1. The fraction of sp³-hybridized carbons (Fsp3) is 0.882. The molecule has 0 spiro atoms. The number of carbonyl (C=O) groups excluding carboxylic acids is 1. The van der Waals surface area contributed by atoms with Crippen molar-refractivity contribution >= 4 is 12.0 Å². The second-order valence-corrected chi connectivity index (χ2v) is 7.87. The van der Waals surface area contributed by atoms with E-state index in [1.54, 1.807) is 0 Å². The molecule has 1 unspecified atom stereocenters. The van der Waals surface area contributed by atoms with Crippen molar-refractivity contribution in [3.05, 3.63) is 0 Å². The third-order valence-electron chi connectivity index (χ3n) is 5.27. The highest BCUT2D eigenvalue weighted by atomic mass is 16.4. The molecule has 2 aliphatic carbocycles. The molecule has 5 nitrogen and oxygen atoms in total. The van der Waals surface area contributed by atoms with Crippen molar-refractivity contribution in [3.63, 3.8) is 0 Å². The molecule has 0 saturated heterocycles. The predicted molar refractivity (Wildman–Crippen MR) is 85.7 cm³/mol. The third-order valence-corrected chi connectivity index (χ3v) is 5.27. The van der Waals surface area contributed by atoms with Gasteiger partial charge in [0.15, 0.2) is 0 Å². The fourth-order valence-corrected chi connectivity index (χ4v) is 3.99. The van der Waals surface area contributed by atoms with Crippen LogP contribution in [0.3, 0.4) is 0 Å². The molecule has 0 aromatic heterocycles. The van der Waals surface area contributed by atoms with Crippen molar-refractivity contribution in [2.45, 2.75) is 71.3 Å². The maximum atomic E-state index is 12.0. The summed E-state index contributed by atoms with van der Waals surface area (Å²) in [6.07, 6.45) is 7.77. The first-order chi connectivity index (χ1) is 10.4. The minimum absolute atomic E-state index is 0.0952. The van der Waals surface area contributed by atoms with Gasteiger partial charge in [0.25, 0.3) is 0 Å². The highest BCUT2D eigenvalue weighted by molar-refractivity contribution is 5.74. The van der Waals surface area contributed by atoms with E-state index in [4.69, 9.17) is 5.11 Å². The summed E-state index contributed by atoms with van der Waals surface area (Å²) < 4.78 is 0. The van der Waals surface area contributed by atoms with Gasteiger partial charge in [-0.2, -0.15) is 0 Å². The average molecular weight is 310 g/mol. The van der Waals surface area contributed by atoms with E-state index in [1.165, 1.54) is 25.7 Å². The summed E-state index contributed by atoms with van der Waals surface area (Å²) in [6.45, 7) is 5.36. The monoisotopic (exact) mass is 310 g/mol. The van der Waals surface area contributed by atoms with Crippen molar-refractivity contribution in [2.75, 3.05) is 6.54 Å². The topological polar surface area (TPSA) is 78.4 Å². The summed E-state index contributed by atoms with van der Waals surface area (Å²) in [5.74, 6) is -0.356. The standard InChI is InChI=1S/C17H30N2O3/c1-17(2)9-3-4-12(10-17)11-18-16(22)19-14-7-5-13(6-8-14)15(20)21/h12-14H,3-11H2,1-2H3,(H,20,21)(H2,18,19,22). The van der Waals surface area contributed by atoms with Crippen molar-refractivity contribution in [1.82, 2.24) is 10.6 Å². The Labute approximate surface area is 133 Å². The van der Waals surface area contributed by atoms with Gasteiger partial charge in [-0.05, 0) is 56.3 Å². The zero-order valence-corrected chi connectivity index (χ0v) is 13.9. The lowest BCUT2D eigenvalue weighted by Gasteiger charge is -2.35. The lowest BCUT2D eigenvalue weighted by molar-refractivity contribution is -0.142. The van der Waals surface area contributed by atoms with Gasteiger partial charge in [0.2, 0.25) is 0 Å². The lowest BCUT2D eigenvalue weighted by atomic mass is 9.72. The molecule has 2 amide bonds. The van der Waals surface area contributed by atoms with Gasteiger partial charge >= 0.3 is 12.0 Å². The van der Waals surface area contributed by atoms with Gasteiger partial charge in [0.1, 0.15) is 0 Å². The van der Waals surface area contributed by atoms with E-state index in [0.717, 1.165) is 19.4 Å². The van der Waals surface area contributed by atoms with Gasteiger partial charge in [-0.15, -0.1) is 0 Å². The van der Waals surface area contributed by atoms with Gasteiger partial charge in [-0.25, -0.2) is 4.79 Å². The number of aliphatic carboxylic acids is 1. The second kappa shape index (κ2) is 7.34. The van der Waals surface area contributed by atoms with Crippen LogP contribution < -0.4 is 10.6 Å². The van der Waals surface area contributed by atoms with Crippen molar-refractivity contribution in [2.24, 2.45) is 17.3 Å². The summed E-state index contributed by atoms with van der Waals surface area (Å²) in [5.41, 5.74) is 0.399. The lowest BCUT2D eigenvalue weighted by Crippen LogP contribution is -2.45. The molecule has 0 aromatic rings. The van der Waals surface area contributed by atoms with Gasteiger partial charge < -0.3 is 15.7 Å². The summed E-state index contributed by atoms with van der Waals surface area (Å²) in [4.78, 5) is 22.9. The van der Waals surface area contributed by atoms with Crippen molar-refractivity contribution < 1.29 is 14.7 Å². The van der Waals surface area contributed by atoms with Crippen LogP contribution in [0.25, 0.3) is 0 Å². The minimum atomic E-state index is -0.706. The molecule has 3 N–H and O–H groups in total. The Morgan fingerprint density at radius 2 is 1.82 bits per heavy atom. The Bertz CT molecular complexity index is 401. The zero-order chi connectivity index (χ0) is 16.2. The Morgan fingerprint density at radius 3 is 2.41 bits per heavy atom. The van der Waals surface area contributed by atoms with Crippen LogP contribution in [0.15, 0.2) is 0 Å². The van der Waals surface area contributed by atoms with Crippen LogP contribution in [0.4, 0.5) is 4.79 Å². The molecule has 2 aliphatic rings. The molecule has 0 aliphatic heterocycles. The summed E-state index contributed by atoms with van der Waals surface area (Å²) >= 11 is 0. The van der Waals surface area contributed by atoms with Gasteiger partial charge in [-0.3, -0.25) is 4.79 Å². The number of nitrogens with one attached hydrogen (secondary N) is 2. The normalized spacial score (nSPS) is 31.3. The minimum Gasteiger partial charge on any atom is -0.481 e. The molecule has 126 valence electrons. The smallest absolute Gasteiger partial charge is 0.315 e. The van der Waals surface area contributed by atoms with Crippen LogP contribution in [0.5, 0.6) is 0 Å². The zero-order valence-electron chi connectivity index (χ0n) is 13.9. The molecule has 0 radical (unpaired) electrons. The van der Waals surface area contributed by atoms with E-state index in [9.17, 15) is 9.59 Å². The number of rotatable bonds is 4. The maximum absolute atomic E-state index is 12.0. The van der Waals surface area contributed by atoms with Crippen LogP contribution >= 0.6 is 0 Å². The van der Waals surface area contributed by atoms with E-state index < -0.39 is 5.97 Å². The Hall–Kier alpha value is -1.26. The number of hydrogen-bond donors (Lipinski definition) is 3. The molecular weight excluding hydrogens is 280 g/mol. The first kappa shape index (κ1) is 17.1. The molecule has 5 heteroatoms. The van der Waals surface area contributed by atoms with Crippen LogP contribution in [-0.4, -0.2) is 29.7 Å². The van der Waals surface area contributed by atoms with Gasteiger partial charge in [-0.1, -0.05) is 20.3 Å².